The van der Waals surface area contributed by atoms with Crippen molar-refractivity contribution >= 4 is 11.6 Å². The van der Waals surface area contributed by atoms with Crippen molar-refractivity contribution in [1.29, 1.82) is 0 Å². The van der Waals surface area contributed by atoms with Crippen LogP contribution in [0, 0.1) is 13.8 Å². The third-order valence-electron chi connectivity index (χ3n) is 2.30. The smallest absolute Gasteiger partial charge is 0.242 e. The molecular weight excluding hydrogens is 188 g/mol. The Hall–Kier alpha value is -1.57. The summed E-state index contributed by atoms with van der Waals surface area (Å²) in [6.07, 6.45) is 0.981. The van der Waals surface area contributed by atoms with E-state index in [1.807, 2.05) is 31.2 Å². The maximum Gasteiger partial charge on any atom is 0.242 e. The Morgan fingerprint density at radius 3 is 2.27 bits per heavy atom. The zero-order valence-electron chi connectivity index (χ0n) is 8.95. The lowest BCUT2D eigenvalue weighted by molar-refractivity contribution is -0.136. The zero-order valence-corrected chi connectivity index (χ0v) is 8.95. The first-order chi connectivity index (χ1) is 7.13. The van der Waals surface area contributed by atoms with E-state index >= 15 is 0 Å². The number of rotatable bonds is 5. The highest BCUT2D eigenvalue weighted by Gasteiger charge is 2.13. The minimum Gasteiger partial charge on any atom is -0.291 e. The molecule has 1 aromatic rings. The molecule has 0 amide bonds. The number of hydrogen-bond donors (Lipinski definition) is 0. The summed E-state index contributed by atoms with van der Waals surface area (Å²) in [6.45, 7) is 5.42. The van der Waals surface area contributed by atoms with Crippen LogP contribution in [0.5, 0.6) is 0 Å². The second kappa shape index (κ2) is 5.35. The molecule has 2 nitrogen and oxygen atoms in total. The van der Waals surface area contributed by atoms with Gasteiger partial charge in [0.1, 0.15) is 0 Å². The van der Waals surface area contributed by atoms with E-state index in [2.05, 4.69) is 6.92 Å². The van der Waals surface area contributed by atoms with Crippen molar-refractivity contribution in [3.63, 3.8) is 0 Å². The van der Waals surface area contributed by atoms with E-state index in [4.69, 9.17) is 0 Å². The molecule has 0 saturated carbocycles. The van der Waals surface area contributed by atoms with Crippen LogP contribution in [-0.4, -0.2) is 11.6 Å². The number of ketones is 2. The summed E-state index contributed by atoms with van der Waals surface area (Å²) in [7, 11) is 0. The summed E-state index contributed by atoms with van der Waals surface area (Å²) in [5.74, 6) is -0.687. The molecule has 0 spiro atoms. The summed E-state index contributed by atoms with van der Waals surface area (Å²) in [4.78, 5) is 22.2. The van der Waals surface area contributed by atoms with Gasteiger partial charge in [-0.2, -0.15) is 0 Å². The summed E-state index contributed by atoms with van der Waals surface area (Å²) in [5.41, 5.74) is 2.28. The predicted octanol–water partition coefficient (Wildman–Crippen LogP) is 2.29. The molecule has 0 bridgehead atoms. The highest BCUT2D eigenvalue weighted by atomic mass is 16.2. The van der Waals surface area contributed by atoms with E-state index in [1.54, 1.807) is 0 Å². The lowest BCUT2D eigenvalue weighted by Crippen LogP contribution is -2.13. The monoisotopic (exact) mass is 203 g/mol. The van der Waals surface area contributed by atoms with E-state index in [9.17, 15) is 9.59 Å². The molecule has 0 atom stereocenters. The van der Waals surface area contributed by atoms with Gasteiger partial charge in [0.05, 0.1) is 6.92 Å². The molecule has 0 saturated heterocycles. The molecule has 0 N–H and O–H groups in total. The fourth-order valence-electron chi connectivity index (χ4n) is 1.29. The third-order valence-corrected chi connectivity index (χ3v) is 2.30. The average molecular weight is 203 g/mol. The largest absolute Gasteiger partial charge is 0.291 e. The molecule has 0 aliphatic heterocycles. The van der Waals surface area contributed by atoms with E-state index in [-0.39, 0.29) is 24.4 Å². The van der Waals surface area contributed by atoms with Crippen molar-refractivity contribution in [2.24, 2.45) is 0 Å². The van der Waals surface area contributed by atoms with Crippen LogP contribution in [0.1, 0.15) is 24.0 Å². The molecule has 1 rings (SSSR count). The second-order valence-corrected chi connectivity index (χ2v) is 3.58. The maximum atomic E-state index is 11.2. The Kier molecular flexibility index (Phi) is 4.10. The van der Waals surface area contributed by atoms with Gasteiger partial charge in [-0.3, -0.25) is 9.59 Å². The predicted molar refractivity (Wildman–Crippen MR) is 59.5 cm³/mol. The van der Waals surface area contributed by atoms with E-state index < -0.39 is 0 Å². The molecule has 0 aliphatic carbocycles. The number of carbonyl (C=O) groups is 2. The van der Waals surface area contributed by atoms with E-state index in [0.717, 1.165) is 5.56 Å². The highest BCUT2D eigenvalue weighted by molar-refractivity contribution is 6.37. The standard InChI is InChI=1S/C13H15O2/c1-3-12(14)13(15)9-8-11-6-4-10(2)5-7-11/h4-7H,1,3,8-9H2,2H3/q+1. The summed E-state index contributed by atoms with van der Waals surface area (Å²) in [5, 5.41) is 0. The number of hydrogen-bond acceptors (Lipinski definition) is 2. The molecule has 2 heteroatoms. The Balaban J connectivity index is 2.47. The SMILES string of the molecule is [CH2+]CC(=O)C(=O)CCc1ccc(C)cc1. The van der Waals surface area contributed by atoms with Crippen molar-refractivity contribution in [1.82, 2.24) is 0 Å². The fraction of sp³-hybridized carbons (Fsp3) is 0.308. The van der Waals surface area contributed by atoms with Gasteiger partial charge in [0, 0.05) is 6.42 Å². The molecule has 78 valence electrons. The fourth-order valence-corrected chi connectivity index (χ4v) is 1.29. The summed E-state index contributed by atoms with van der Waals surface area (Å²) in [6, 6.07) is 7.97. The molecule has 15 heavy (non-hydrogen) atoms. The molecule has 0 fully saturated rings. The van der Waals surface area contributed by atoms with Gasteiger partial charge in [-0.25, -0.2) is 0 Å². The normalized spacial score (nSPS) is 9.93. The van der Waals surface area contributed by atoms with Crippen molar-refractivity contribution in [2.45, 2.75) is 26.2 Å². The molecular formula is C13H15O2+. The number of benzene rings is 1. The molecule has 0 radical (unpaired) electrons. The van der Waals surface area contributed by atoms with Crippen molar-refractivity contribution in [3.8, 4) is 0 Å². The highest BCUT2D eigenvalue weighted by Crippen LogP contribution is 2.06. The van der Waals surface area contributed by atoms with Crippen molar-refractivity contribution in [3.05, 3.63) is 42.3 Å². The van der Waals surface area contributed by atoms with Crippen LogP contribution in [0.2, 0.25) is 0 Å². The molecule has 0 aliphatic rings. The Morgan fingerprint density at radius 1 is 1.13 bits per heavy atom. The first-order valence-corrected chi connectivity index (χ1v) is 5.04. The van der Waals surface area contributed by atoms with Gasteiger partial charge in [-0.1, -0.05) is 29.8 Å². The molecule has 0 unspecified atom stereocenters. The van der Waals surface area contributed by atoms with Gasteiger partial charge in [0.2, 0.25) is 11.6 Å². The van der Waals surface area contributed by atoms with Crippen LogP contribution >= 0.6 is 0 Å². The Morgan fingerprint density at radius 2 is 1.73 bits per heavy atom. The van der Waals surface area contributed by atoms with Gasteiger partial charge < -0.3 is 0 Å². The molecule has 1 aromatic carbocycles. The van der Waals surface area contributed by atoms with E-state index in [0.29, 0.717) is 6.42 Å². The molecule has 0 aromatic heterocycles. The Bertz CT molecular complexity index is 349. The van der Waals surface area contributed by atoms with E-state index in [1.165, 1.54) is 5.56 Å². The third kappa shape index (κ3) is 3.58. The first kappa shape index (κ1) is 11.5. The van der Waals surface area contributed by atoms with Gasteiger partial charge in [0.25, 0.3) is 0 Å². The lowest BCUT2D eigenvalue weighted by atomic mass is 10.0. The summed E-state index contributed by atoms with van der Waals surface area (Å²) >= 11 is 0. The van der Waals surface area contributed by atoms with Gasteiger partial charge in [-0.05, 0) is 18.9 Å². The zero-order chi connectivity index (χ0) is 11.3. The van der Waals surface area contributed by atoms with Crippen LogP contribution in [0.25, 0.3) is 0 Å². The quantitative estimate of drug-likeness (QED) is 0.543. The lowest BCUT2D eigenvalue weighted by Gasteiger charge is -1.99. The summed E-state index contributed by atoms with van der Waals surface area (Å²) < 4.78 is 0. The number of aryl methyl sites for hydroxylation is 2. The van der Waals surface area contributed by atoms with Crippen LogP contribution in [0.15, 0.2) is 24.3 Å². The van der Waals surface area contributed by atoms with Crippen LogP contribution in [0.3, 0.4) is 0 Å². The second-order valence-electron chi connectivity index (χ2n) is 3.58. The number of Topliss-reactive ketones (excluding diaryl/α,β-unsaturated/α-hetero) is 2. The number of carbonyl (C=O) groups excluding carboxylic acids is 2. The average Bonchev–Trinajstić information content (AvgIpc) is 2.26. The van der Waals surface area contributed by atoms with Gasteiger partial charge >= 0.3 is 0 Å². The van der Waals surface area contributed by atoms with Crippen LogP contribution < -0.4 is 0 Å². The minimum absolute atomic E-state index is 0.0622. The minimum atomic E-state index is -0.373. The first-order valence-electron chi connectivity index (χ1n) is 5.04. The maximum absolute atomic E-state index is 11.2. The molecule has 0 heterocycles. The van der Waals surface area contributed by atoms with Gasteiger partial charge in [-0.15, -0.1) is 0 Å². The van der Waals surface area contributed by atoms with Crippen LogP contribution in [0.4, 0.5) is 0 Å². The topological polar surface area (TPSA) is 34.1 Å². The van der Waals surface area contributed by atoms with Crippen LogP contribution in [-0.2, 0) is 16.0 Å². The Labute approximate surface area is 90.3 Å². The van der Waals surface area contributed by atoms with Gasteiger partial charge in [0.15, 0.2) is 6.42 Å². The van der Waals surface area contributed by atoms with Crippen molar-refractivity contribution < 1.29 is 9.59 Å². The van der Waals surface area contributed by atoms with Crippen molar-refractivity contribution in [2.75, 3.05) is 0 Å².